The Bertz CT molecular complexity index is 530. The molecule has 2 heterocycles. The summed E-state index contributed by atoms with van der Waals surface area (Å²) in [5, 5.41) is 7.78. The molecule has 0 aliphatic carbocycles. The Kier molecular flexibility index (Phi) is 4.40. The van der Waals surface area contributed by atoms with Crippen LogP contribution in [0.3, 0.4) is 0 Å². The van der Waals surface area contributed by atoms with Crippen LogP contribution in [0.4, 0.5) is 0 Å². The van der Waals surface area contributed by atoms with Gasteiger partial charge in [-0.15, -0.1) is 10.2 Å². The molecule has 18 heavy (non-hydrogen) atoms. The van der Waals surface area contributed by atoms with Crippen LogP contribution in [0.2, 0.25) is 0 Å². The SMILES string of the molecule is COCc1nnc(-c2ccc(Br)c(COC)n2)o1. The van der Waals surface area contributed by atoms with E-state index in [1.807, 2.05) is 6.07 Å². The van der Waals surface area contributed by atoms with Gasteiger partial charge in [-0.3, -0.25) is 0 Å². The Balaban J connectivity index is 2.28. The number of ether oxygens (including phenoxy) is 2. The smallest absolute Gasteiger partial charge is 0.266 e. The molecule has 2 rings (SSSR count). The fraction of sp³-hybridized carbons (Fsp3) is 0.364. The lowest BCUT2D eigenvalue weighted by molar-refractivity contribution is 0.160. The first-order valence-corrected chi connectivity index (χ1v) is 6.00. The molecule has 0 bridgehead atoms. The molecule has 0 fully saturated rings. The van der Waals surface area contributed by atoms with Crippen molar-refractivity contribution in [1.29, 1.82) is 0 Å². The molecule has 0 spiro atoms. The molecule has 0 saturated carbocycles. The monoisotopic (exact) mass is 313 g/mol. The van der Waals surface area contributed by atoms with Gasteiger partial charge >= 0.3 is 0 Å². The summed E-state index contributed by atoms with van der Waals surface area (Å²) in [7, 11) is 3.18. The molecule has 96 valence electrons. The maximum Gasteiger partial charge on any atom is 0.266 e. The second-order valence-electron chi connectivity index (χ2n) is 3.49. The van der Waals surface area contributed by atoms with Crippen molar-refractivity contribution in [2.75, 3.05) is 14.2 Å². The highest BCUT2D eigenvalue weighted by Crippen LogP contribution is 2.21. The lowest BCUT2D eigenvalue weighted by Gasteiger charge is -2.03. The minimum atomic E-state index is 0.286. The Morgan fingerprint density at radius 2 is 1.94 bits per heavy atom. The van der Waals surface area contributed by atoms with Crippen molar-refractivity contribution >= 4 is 15.9 Å². The largest absolute Gasteiger partial charge is 0.417 e. The average molecular weight is 314 g/mol. The molecule has 0 saturated heterocycles. The van der Waals surface area contributed by atoms with E-state index in [1.165, 1.54) is 0 Å². The molecule has 0 amide bonds. The van der Waals surface area contributed by atoms with E-state index in [2.05, 4.69) is 31.1 Å². The molecule has 2 aromatic heterocycles. The highest BCUT2D eigenvalue weighted by Gasteiger charge is 2.11. The quantitative estimate of drug-likeness (QED) is 0.842. The van der Waals surface area contributed by atoms with Crippen LogP contribution in [0.15, 0.2) is 21.0 Å². The van der Waals surface area contributed by atoms with Gasteiger partial charge in [-0.1, -0.05) is 0 Å². The Morgan fingerprint density at radius 3 is 2.67 bits per heavy atom. The maximum absolute atomic E-state index is 5.42. The Morgan fingerprint density at radius 1 is 1.17 bits per heavy atom. The van der Waals surface area contributed by atoms with E-state index in [9.17, 15) is 0 Å². The first kappa shape index (κ1) is 13.1. The highest BCUT2D eigenvalue weighted by molar-refractivity contribution is 9.10. The summed E-state index contributed by atoms with van der Waals surface area (Å²) in [6.07, 6.45) is 0. The van der Waals surface area contributed by atoms with Gasteiger partial charge in [0.05, 0.1) is 12.3 Å². The minimum Gasteiger partial charge on any atom is -0.417 e. The van der Waals surface area contributed by atoms with Gasteiger partial charge in [-0.05, 0) is 28.1 Å². The molecule has 0 aromatic carbocycles. The summed E-state index contributed by atoms with van der Waals surface area (Å²) in [6, 6.07) is 3.67. The molecule has 7 heteroatoms. The molecule has 2 aromatic rings. The molecular weight excluding hydrogens is 302 g/mol. The molecule has 0 N–H and O–H groups in total. The van der Waals surface area contributed by atoms with Gasteiger partial charge < -0.3 is 13.9 Å². The van der Waals surface area contributed by atoms with Crippen LogP contribution in [0.5, 0.6) is 0 Å². The van der Waals surface area contributed by atoms with Crippen molar-refractivity contribution in [2.24, 2.45) is 0 Å². The van der Waals surface area contributed by atoms with Crippen LogP contribution in [0, 0.1) is 0 Å². The lowest BCUT2D eigenvalue weighted by Crippen LogP contribution is -1.95. The van der Waals surface area contributed by atoms with Crippen molar-refractivity contribution in [3.05, 3.63) is 28.2 Å². The minimum absolute atomic E-state index is 0.286. The first-order valence-electron chi connectivity index (χ1n) is 5.20. The van der Waals surface area contributed by atoms with Gasteiger partial charge in [-0.2, -0.15) is 0 Å². The lowest BCUT2D eigenvalue weighted by atomic mass is 10.3. The summed E-state index contributed by atoms with van der Waals surface area (Å²) in [4.78, 5) is 4.40. The van der Waals surface area contributed by atoms with Crippen LogP contribution in [-0.2, 0) is 22.7 Å². The van der Waals surface area contributed by atoms with E-state index in [0.717, 1.165) is 10.2 Å². The van der Waals surface area contributed by atoms with Crippen molar-refractivity contribution in [1.82, 2.24) is 15.2 Å². The number of halogens is 1. The normalized spacial score (nSPS) is 10.8. The molecule has 0 aliphatic heterocycles. The fourth-order valence-electron chi connectivity index (χ4n) is 1.38. The molecular formula is C11H12BrN3O3. The van der Waals surface area contributed by atoms with Gasteiger partial charge in [0.15, 0.2) is 0 Å². The van der Waals surface area contributed by atoms with Gasteiger partial charge in [0, 0.05) is 18.7 Å². The van der Waals surface area contributed by atoms with Gasteiger partial charge in [0.2, 0.25) is 5.89 Å². The number of nitrogens with zero attached hydrogens (tertiary/aromatic N) is 3. The van der Waals surface area contributed by atoms with E-state index in [0.29, 0.717) is 24.1 Å². The van der Waals surface area contributed by atoms with Crippen molar-refractivity contribution in [3.63, 3.8) is 0 Å². The molecule has 0 unspecified atom stereocenters. The van der Waals surface area contributed by atoms with Crippen LogP contribution in [-0.4, -0.2) is 29.4 Å². The van der Waals surface area contributed by atoms with Crippen molar-refractivity contribution in [3.8, 4) is 11.6 Å². The van der Waals surface area contributed by atoms with Crippen LogP contribution >= 0.6 is 15.9 Å². The third kappa shape index (κ3) is 2.92. The molecule has 0 radical (unpaired) electrons. The average Bonchev–Trinajstić information content (AvgIpc) is 2.81. The number of aromatic nitrogens is 3. The van der Waals surface area contributed by atoms with E-state index < -0.39 is 0 Å². The third-order valence-corrected chi connectivity index (χ3v) is 2.88. The second kappa shape index (κ2) is 6.03. The standard InChI is InChI=1S/C11H12BrN3O3/c1-16-5-9-7(12)3-4-8(13-9)11-15-14-10(18-11)6-17-2/h3-4H,5-6H2,1-2H3. The zero-order chi connectivity index (χ0) is 13.0. The van der Waals surface area contributed by atoms with E-state index in [-0.39, 0.29) is 6.61 Å². The van der Waals surface area contributed by atoms with Gasteiger partial charge in [0.1, 0.15) is 12.3 Å². The van der Waals surface area contributed by atoms with Crippen LogP contribution in [0.25, 0.3) is 11.6 Å². The predicted molar refractivity (Wildman–Crippen MR) is 66.7 cm³/mol. The molecule has 0 aliphatic rings. The van der Waals surface area contributed by atoms with Crippen LogP contribution < -0.4 is 0 Å². The fourth-order valence-corrected chi connectivity index (χ4v) is 1.72. The topological polar surface area (TPSA) is 70.3 Å². The second-order valence-corrected chi connectivity index (χ2v) is 4.35. The Labute approximate surface area is 112 Å². The van der Waals surface area contributed by atoms with Crippen LogP contribution in [0.1, 0.15) is 11.6 Å². The van der Waals surface area contributed by atoms with Gasteiger partial charge in [0.25, 0.3) is 5.89 Å². The summed E-state index contributed by atoms with van der Waals surface area (Å²) in [5.41, 5.74) is 1.39. The Hall–Kier alpha value is -1.31. The highest BCUT2D eigenvalue weighted by atomic mass is 79.9. The number of methoxy groups -OCH3 is 2. The predicted octanol–water partition coefficient (Wildman–Crippen LogP) is 2.19. The number of hydrogen-bond donors (Lipinski definition) is 0. The maximum atomic E-state index is 5.42. The van der Waals surface area contributed by atoms with Crippen molar-refractivity contribution in [2.45, 2.75) is 13.2 Å². The zero-order valence-electron chi connectivity index (χ0n) is 10.0. The molecule has 0 atom stereocenters. The number of rotatable bonds is 5. The van der Waals surface area contributed by atoms with Crippen molar-refractivity contribution < 1.29 is 13.9 Å². The summed E-state index contributed by atoms with van der Waals surface area (Å²) in [5.74, 6) is 0.789. The van der Waals surface area contributed by atoms with Gasteiger partial charge in [-0.25, -0.2) is 4.98 Å². The van der Waals surface area contributed by atoms with E-state index >= 15 is 0 Å². The summed E-state index contributed by atoms with van der Waals surface area (Å²) < 4.78 is 16.3. The van der Waals surface area contributed by atoms with E-state index in [4.69, 9.17) is 13.9 Å². The number of hydrogen-bond acceptors (Lipinski definition) is 6. The molecule has 6 nitrogen and oxygen atoms in total. The van der Waals surface area contributed by atoms with E-state index in [1.54, 1.807) is 20.3 Å². The number of pyridine rings is 1. The zero-order valence-corrected chi connectivity index (χ0v) is 11.6. The third-order valence-electron chi connectivity index (χ3n) is 2.15. The first-order chi connectivity index (χ1) is 8.74. The summed E-state index contributed by atoms with van der Waals surface area (Å²) >= 11 is 3.40. The summed E-state index contributed by atoms with van der Waals surface area (Å²) in [6.45, 7) is 0.696.